The molecule has 0 aromatic heterocycles. The Morgan fingerprint density at radius 3 is 2.08 bits per heavy atom. The van der Waals surface area contributed by atoms with Gasteiger partial charge in [-0.25, -0.2) is 0 Å². The molecule has 130 valence electrons. The molecule has 0 saturated heterocycles. The van der Waals surface area contributed by atoms with Crippen molar-refractivity contribution in [3.8, 4) is 0 Å². The topological polar surface area (TPSA) is 39.7 Å². The number of hydrogen-bond acceptors (Lipinski definition) is 2. The van der Waals surface area contributed by atoms with Gasteiger partial charge in [0.2, 0.25) is 0 Å². The number of benzene rings is 2. The Kier molecular flexibility index (Phi) is 10.1. The highest BCUT2D eigenvalue weighted by Crippen LogP contribution is 2.01. The number of rotatable bonds is 7. The molecular formula is C19H27IN4. The fraction of sp³-hybridized carbons (Fsp3) is 0.316. The van der Waals surface area contributed by atoms with Crippen molar-refractivity contribution in [1.82, 2.24) is 15.5 Å². The van der Waals surface area contributed by atoms with Crippen molar-refractivity contribution in [1.29, 1.82) is 0 Å². The molecule has 0 aliphatic carbocycles. The summed E-state index contributed by atoms with van der Waals surface area (Å²) in [5.74, 6) is 0.835. The van der Waals surface area contributed by atoms with Gasteiger partial charge in [0.1, 0.15) is 0 Å². The Morgan fingerprint density at radius 2 is 1.50 bits per heavy atom. The number of nitrogens with zero attached hydrogens (tertiary/aromatic N) is 2. The Morgan fingerprint density at radius 1 is 0.917 bits per heavy atom. The lowest BCUT2D eigenvalue weighted by Gasteiger charge is -2.18. The quantitative estimate of drug-likeness (QED) is 0.397. The highest BCUT2D eigenvalue weighted by molar-refractivity contribution is 14.0. The van der Waals surface area contributed by atoms with E-state index >= 15 is 0 Å². The molecule has 0 unspecified atom stereocenters. The first-order valence-electron chi connectivity index (χ1n) is 7.99. The van der Waals surface area contributed by atoms with Crippen molar-refractivity contribution >= 4 is 29.9 Å². The van der Waals surface area contributed by atoms with Gasteiger partial charge in [-0.1, -0.05) is 60.7 Å². The molecule has 0 radical (unpaired) electrons. The Hall–Kier alpha value is -1.60. The summed E-state index contributed by atoms with van der Waals surface area (Å²) in [6, 6.07) is 20.9. The highest BCUT2D eigenvalue weighted by Gasteiger charge is 2.01. The predicted molar refractivity (Wildman–Crippen MR) is 113 cm³/mol. The maximum Gasteiger partial charge on any atom is 0.191 e. The lowest BCUT2D eigenvalue weighted by atomic mass is 10.2. The van der Waals surface area contributed by atoms with Crippen LogP contribution >= 0.6 is 24.0 Å². The van der Waals surface area contributed by atoms with Gasteiger partial charge in [0, 0.05) is 33.2 Å². The third-order valence-corrected chi connectivity index (χ3v) is 3.61. The van der Waals surface area contributed by atoms with Crippen LogP contribution in [0.15, 0.2) is 65.7 Å². The monoisotopic (exact) mass is 438 g/mol. The molecule has 2 rings (SSSR count). The van der Waals surface area contributed by atoms with Gasteiger partial charge in [-0.05, 0) is 18.2 Å². The van der Waals surface area contributed by atoms with E-state index in [1.807, 2.05) is 24.3 Å². The summed E-state index contributed by atoms with van der Waals surface area (Å²) in [7, 11) is 3.93. The van der Waals surface area contributed by atoms with Crippen molar-refractivity contribution < 1.29 is 0 Å². The summed E-state index contributed by atoms with van der Waals surface area (Å²) >= 11 is 0. The molecule has 0 bridgehead atoms. The molecule has 4 nitrogen and oxygen atoms in total. The summed E-state index contributed by atoms with van der Waals surface area (Å²) in [6.07, 6.45) is 0. The summed E-state index contributed by atoms with van der Waals surface area (Å²) in [6.45, 7) is 3.55. The fourth-order valence-electron chi connectivity index (χ4n) is 2.34. The smallest absolute Gasteiger partial charge is 0.191 e. The standard InChI is InChI=1S/C19H26N4.HI/c1-20-19(22-15-17-9-5-3-6-10-17)21-13-14-23(2)16-18-11-7-4-8-12-18;/h3-12H,13-16H2,1-2H3,(H2,20,21,22);1H. The zero-order chi connectivity index (χ0) is 16.3. The molecule has 0 saturated carbocycles. The zero-order valence-corrected chi connectivity index (χ0v) is 16.7. The van der Waals surface area contributed by atoms with Gasteiger partial charge >= 0.3 is 0 Å². The predicted octanol–water partition coefficient (Wildman–Crippen LogP) is 3.10. The van der Waals surface area contributed by atoms with E-state index < -0.39 is 0 Å². The van der Waals surface area contributed by atoms with Crippen LogP contribution in [-0.2, 0) is 13.1 Å². The molecule has 0 atom stereocenters. The van der Waals surface area contributed by atoms with Gasteiger partial charge in [-0.15, -0.1) is 24.0 Å². The Labute approximate surface area is 162 Å². The van der Waals surface area contributed by atoms with E-state index in [-0.39, 0.29) is 24.0 Å². The van der Waals surface area contributed by atoms with Gasteiger partial charge < -0.3 is 15.5 Å². The minimum absolute atomic E-state index is 0. The molecule has 0 fully saturated rings. The van der Waals surface area contributed by atoms with E-state index in [0.29, 0.717) is 0 Å². The number of nitrogens with one attached hydrogen (secondary N) is 2. The van der Waals surface area contributed by atoms with Crippen LogP contribution in [0.4, 0.5) is 0 Å². The average Bonchev–Trinajstić information content (AvgIpc) is 2.59. The van der Waals surface area contributed by atoms with Crippen LogP contribution in [0, 0.1) is 0 Å². The second-order valence-corrected chi connectivity index (χ2v) is 5.56. The third-order valence-electron chi connectivity index (χ3n) is 3.61. The van der Waals surface area contributed by atoms with Crippen molar-refractivity contribution in [3.63, 3.8) is 0 Å². The molecule has 24 heavy (non-hydrogen) atoms. The van der Waals surface area contributed by atoms with E-state index in [4.69, 9.17) is 0 Å². The largest absolute Gasteiger partial charge is 0.355 e. The Bertz CT molecular complexity index is 587. The molecule has 0 aliphatic heterocycles. The molecule has 5 heteroatoms. The SMILES string of the molecule is CN=C(NCCN(C)Cc1ccccc1)NCc1ccccc1.I. The van der Waals surface area contributed by atoms with Gasteiger partial charge in [0.05, 0.1) is 0 Å². The van der Waals surface area contributed by atoms with E-state index in [1.165, 1.54) is 11.1 Å². The average molecular weight is 438 g/mol. The number of halogens is 1. The first-order chi connectivity index (χ1) is 11.3. The highest BCUT2D eigenvalue weighted by atomic mass is 127. The first kappa shape index (κ1) is 20.4. The fourth-order valence-corrected chi connectivity index (χ4v) is 2.34. The van der Waals surface area contributed by atoms with Gasteiger partial charge in [0.15, 0.2) is 5.96 Å². The van der Waals surface area contributed by atoms with Crippen LogP contribution in [-0.4, -0.2) is 38.0 Å². The second-order valence-electron chi connectivity index (χ2n) is 5.56. The molecular weight excluding hydrogens is 411 g/mol. The molecule has 0 aliphatic rings. The van der Waals surface area contributed by atoms with E-state index in [2.05, 4.69) is 64.0 Å². The van der Waals surface area contributed by atoms with Crippen LogP contribution in [0.2, 0.25) is 0 Å². The summed E-state index contributed by atoms with van der Waals surface area (Å²) < 4.78 is 0. The van der Waals surface area contributed by atoms with E-state index in [0.717, 1.165) is 32.1 Å². The van der Waals surface area contributed by atoms with Gasteiger partial charge in [-0.2, -0.15) is 0 Å². The lowest BCUT2D eigenvalue weighted by molar-refractivity contribution is 0.331. The van der Waals surface area contributed by atoms with E-state index in [1.54, 1.807) is 7.05 Å². The van der Waals surface area contributed by atoms with Crippen molar-refractivity contribution in [3.05, 3.63) is 71.8 Å². The van der Waals surface area contributed by atoms with Crippen molar-refractivity contribution in [2.75, 3.05) is 27.2 Å². The summed E-state index contributed by atoms with van der Waals surface area (Å²) in [5, 5.41) is 6.68. The van der Waals surface area contributed by atoms with Crippen molar-refractivity contribution in [2.24, 2.45) is 4.99 Å². The number of hydrogen-bond donors (Lipinski definition) is 2. The second kappa shape index (κ2) is 11.9. The van der Waals surface area contributed by atoms with Crippen LogP contribution in [0.3, 0.4) is 0 Å². The zero-order valence-electron chi connectivity index (χ0n) is 14.4. The van der Waals surface area contributed by atoms with Gasteiger partial charge in [-0.3, -0.25) is 4.99 Å². The van der Waals surface area contributed by atoms with E-state index in [9.17, 15) is 0 Å². The maximum atomic E-state index is 4.26. The molecule has 2 aromatic rings. The molecule has 2 aromatic carbocycles. The Balaban J connectivity index is 0.00000288. The number of aliphatic imine (C=N–C) groups is 1. The normalized spacial score (nSPS) is 11.0. The van der Waals surface area contributed by atoms with Crippen LogP contribution < -0.4 is 10.6 Å². The van der Waals surface area contributed by atoms with Crippen LogP contribution in [0.1, 0.15) is 11.1 Å². The minimum atomic E-state index is 0. The van der Waals surface area contributed by atoms with Crippen LogP contribution in [0.25, 0.3) is 0 Å². The molecule has 0 heterocycles. The lowest BCUT2D eigenvalue weighted by Crippen LogP contribution is -2.40. The minimum Gasteiger partial charge on any atom is -0.355 e. The number of guanidine groups is 1. The summed E-state index contributed by atoms with van der Waals surface area (Å²) in [5.41, 5.74) is 2.58. The van der Waals surface area contributed by atoms with Crippen LogP contribution in [0.5, 0.6) is 0 Å². The van der Waals surface area contributed by atoms with Gasteiger partial charge in [0.25, 0.3) is 0 Å². The molecule has 0 spiro atoms. The molecule has 2 N–H and O–H groups in total. The number of likely N-dealkylation sites (N-methyl/N-ethyl adjacent to an activating group) is 1. The molecule has 0 amide bonds. The maximum absolute atomic E-state index is 4.26. The van der Waals surface area contributed by atoms with Crippen molar-refractivity contribution in [2.45, 2.75) is 13.1 Å². The first-order valence-corrected chi connectivity index (χ1v) is 7.99. The summed E-state index contributed by atoms with van der Waals surface area (Å²) in [4.78, 5) is 6.56. The third kappa shape index (κ3) is 7.79.